The lowest BCUT2D eigenvalue weighted by molar-refractivity contribution is 0.0602. The maximum atomic E-state index is 12.3. The van der Waals surface area contributed by atoms with Crippen molar-refractivity contribution in [3.63, 3.8) is 0 Å². The molecule has 116 valence electrons. The Morgan fingerprint density at radius 3 is 2.43 bits per heavy atom. The summed E-state index contributed by atoms with van der Waals surface area (Å²) in [5, 5.41) is 0.829. The summed E-state index contributed by atoms with van der Waals surface area (Å²) in [6.07, 6.45) is 0. The number of rotatable bonds is 2. The Bertz CT molecular complexity index is 901. The van der Waals surface area contributed by atoms with Crippen molar-refractivity contribution in [3.8, 4) is 11.3 Å². The van der Waals surface area contributed by atoms with Crippen LogP contribution in [0.15, 0.2) is 46.9 Å². The van der Waals surface area contributed by atoms with Gasteiger partial charge in [0.05, 0.1) is 23.9 Å². The molecule has 0 bridgehead atoms. The molecule has 0 N–H and O–H groups in total. The van der Waals surface area contributed by atoms with Crippen LogP contribution in [-0.4, -0.2) is 18.1 Å². The highest BCUT2D eigenvalue weighted by atomic mass is 79.9. The van der Waals surface area contributed by atoms with E-state index >= 15 is 0 Å². The van der Waals surface area contributed by atoms with Gasteiger partial charge in [0.2, 0.25) is 0 Å². The maximum Gasteiger partial charge on any atom is 0.338 e. The molecule has 2 aromatic carbocycles. The number of halogens is 1. The lowest BCUT2D eigenvalue weighted by atomic mass is 9.97. The molecule has 0 aliphatic carbocycles. The third-order valence-corrected chi connectivity index (χ3v) is 4.42. The molecular formula is C19H16BrNO2. The first kappa shape index (κ1) is 15.7. The number of ether oxygens (including phenoxy) is 1. The van der Waals surface area contributed by atoms with Crippen molar-refractivity contribution in [3.05, 3.63) is 63.6 Å². The van der Waals surface area contributed by atoms with Gasteiger partial charge in [0.25, 0.3) is 0 Å². The van der Waals surface area contributed by atoms with Gasteiger partial charge < -0.3 is 4.74 Å². The predicted octanol–water partition coefficient (Wildman–Crippen LogP) is 5.07. The second-order valence-electron chi connectivity index (χ2n) is 5.48. The molecule has 0 saturated carbocycles. The lowest BCUT2D eigenvalue weighted by Gasteiger charge is -2.14. The van der Waals surface area contributed by atoms with Crippen LogP contribution < -0.4 is 0 Å². The number of hydrogen-bond donors (Lipinski definition) is 0. The van der Waals surface area contributed by atoms with Gasteiger partial charge in [-0.25, -0.2) is 9.78 Å². The average Bonchev–Trinajstić information content (AvgIpc) is 2.55. The highest BCUT2D eigenvalue weighted by Crippen LogP contribution is 2.31. The molecule has 3 aromatic rings. The molecule has 3 rings (SSSR count). The van der Waals surface area contributed by atoms with Gasteiger partial charge in [-0.05, 0) is 43.7 Å². The van der Waals surface area contributed by atoms with Crippen LogP contribution in [0.25, 0.3) is 22.2 Å². The summed E-state index contributed by atoms with van der Waals surface area (Å²) in [7, 11) is 1.41. The molecule has 23 heavy (non-hydrogen) atoms. The summed E-state index contributed by atoms with van der Waals surface area (Å²) in [5.74, 6) is -0.334. The molecule has 0 unspecified atom stereocenters. The molecule has 1 aromatic heterocycles. The Kier molecular flexibility index (Phi) is 4.18. The van der Waals surface area contributed by atoms with Crippen LogP contribution in [0.2, 0.25) is 0 Å². The fourth-order valence-corrected chi connectivity index (χ4v) is 2.99. The summed E-state index contributed by atoms with van der Waals surface area (Å²) < 4.78 is 6.00. The number of benzene rings is 2. The van der Waals surface area contributed by atoms with Gasteiger partial charge in [0, 0.05) is 15.4 Å². The van der Waals surface area contributed by atoms with Crippen molar-refractivity contribution >= 4 is 32.8 Å². The molecule has 0 aliphatic rings. The largest absolute Gasteiger partial charge is 0.465 e. The predicted molar refractivity (Wildman–Crippen MR) is 95.7 cm³/mol. The topological polar surface area (TPSA) is 39.2 Å². The zero-order chi connectivity index (χ0) is 16.6. The molecule has 0 spiro atoms. The first-order valence-electron chi connectivity index (χ1n) is 7.26. The van der Waals surface area contributed by atoms with Crippen LogP contribution in [0.1, 0.15) is 21.5 Å². The zero-order valence-corrected chi connectivity index (χ0v) is 14.8. The van der Waals surface area contributed by atoms with E-state index in [4.69, 9.17) is 9.72 Å². The number of pyridine rings is 1. The molecule has 0 amide bonds. The normalized spacial score (nSPS) is 10.8. The van der Waals surface area contributed by atoms with E-state index in [1.54, 1.807) is 0 Å². The zero-order valence-electron chi connectivity index (χ0n) is 13.2. The number of aryl methyl sites for hydroxylation is 1. The van der Waals surface area contributed by atoms with E-state index < -0.39 is 0 Å². The van der Waals surface area contributed by atoms with Gasteiger partial charge in [0.15, 0.2) is 0 Å². The standard InChI is InChI=1S/C19H16BrNO2/c1-11-4-9-16-15(10-11)17(19(22)23-3)12(2)18(21-16)13-5-7-14(20)8-6-13/h4-10H,1-3H3. The third kappa shape index (κ3) is 2.86. The van der Waals surface area contributed by atoms with Crippen molar-refractivity contribution in [2.45, 2.75) is 13.8 Å². The van der Waals surface area contributed by atoms with Gasteiger partial charge in [-0.15, -0.1) is 0 Å². The smallest absolute Gasteiger partial charge is 0.338 e. The van der Waals surface area contributed by atoms with Crippen molar-refractivity contribution in [1.82, 2.24) is 4.98 Å². The molecule has 0 fully saturated rings. The van der Waals surface area contributed by atoms with E-state index in [9.17, 15) is 4.79 Å². The van der Waals surface area contributed by atoms with Gasteiger partial charge in [0.1, 0.15) is 0 Å². The molecule has 0 aliphatic heterocycles. The van der Waals surface area contributed by atoms with Crippen LogP contribution in [0.5, 0.6) is 0 Å². The fraction of sp³-hybridized carbons (Fsp3) is 0.158. The molecule has 3 nitrogen and oxygen atoms in total. The van der Waals surface area contributed by atoms with Gasteiger partial charge in [-0.2, -0.15) is 0 Å². The highest BCUT2D eigenvalue weighted by Gasteiger charge is 2.19. The van der Waals surface area contributed by atoms with Crippen molar-refractivity contribution in [2.75, 3.05) is 7.11 Å². The number of hydrogen-bond acceptors (Lipinski definition) is 3. The Balaban J connectivity index is 2.36. The molecule has 4 heteroatoms. The van der Waals surface area contributed by atoms with Crippen LogP contribution in [0.3, 0.4) is 0 Å². The number of aromatic nitrogens is 1. The van der Waals surface area contributed by atoms with Gasteiger partial charge in [-0.3, -0.25) is 0 Å². The Hall–Kier alpha value is -2.20. The van der Waals surface area contributed by atoms with Crippen molar-refractivity contribution < 1.29 is 9.53 Å². The van der Waals surface area contributed by atoms with Crippen LogP contribution >= 0.6 is 15.9 Å². The summed E-state index contributed by atoms with van der Waals surface area (Å²) in [6, 6.07) is 13.8. The number of fused-ring (bicyclic) bond motifs is 1. The Morgan fingerprint density at radius 2 is 1.78 bits per heavy atom. The van der Waals surface area contributed by atoms with Crippen LogP contribution in [0.4, 0.5) is 0 Å². The average molecular weight is 370 g/mol. The van der Waals surface area contributed by atoms with Crippen molar-refractivity contribution in [2.24, 2.45) is 0 Å². The quantitative estimate of drug-likeness (QED) is 0.592. The summed E-state index contributed by atoms with van der Waals surface area (Å²) in [6.45, 7) is 3.91. The minimum Gasteiger partial charge on any atom is -0.465 e. The van der Waals surface area contributed by atoms with E-state index in [1.165, 1.54) is 7.11 Å². The first-order valence-corrected chi connectivity index (χ1v) is 8.06. The van der Waals surface area contributed by atoms with E-state index in [2.05, 4.69) is 15.9 Å². The fourth-order valence-electron chi connectivity index (χ4n) is 2.73. The lowest BCUT2D eigenvalue weighted by Crippen LogP contribution is -2.07. The number of carbonyl (C=O) groups is 1. The highest BCUT2D eigenvalue weighted by molar-refractivity contribution is 9.10. The first-order chi connectivity index (χ1) is 11.0. The Labute approximate surface area is 143 Å². The number of esters is 1. The van der Waals surface area contributed by atoms with Crippen molar-refractivity contribution in [1.29, 1.82) is 0 Å². The van der Waals surface area contributed by atoms with Crippen LogP contribution in [0, 0.1) is 13.8 Å². The van der Waals surface area contributed by atoms with E-state index in [-0.39, 0.29) is 5.97 Å². The number of methoxy groups -OCH3 is 1. The SMILES string of the molecule is COC(=O)c1c(C)c(-c2ccc(Br)cc2)nc2ccc(C)cc12. The van der Waals surface area contributed by atoms with Gasteiger partial charge in [-0.1, -0.05) is 39.7 Å². The summed E-state index contributed by atoms with van der Waals surface area (Å²) in [5.41, 5.74) is 5.06. The number of nitrogens with zero attached hydrogens (tertiary/aromatic N) is 1. The molecule has 1 heterocycles. The molecular weight excluding hydrogens is 354 g/mol. The van der Waals surface area contributed by atoms with Gasteiger partial charge >= 0.3 is 5.97 Å². The second kappa shape index (κ2) is 6.13. The monoisotopic (exact) mass is 369 g/mol. The summed E-state index contributed by atoms with van der Waals surface area (Å²) in [4.78, 5) is 17.1. The van der Waals surface area contributed by atoms with E-state index in [0.717, 1.165) is 37.8 Å². The summed E-state index contributed by atoms with van der Waals surface area (Å²) >= 11 is 3.44. The number of carbonyl (C=O) groups excluding carboxylic acids is 1. The molecule has 0 saturated heterocycles. The second-order valence-corrected chi connectivity index (χ2v) is 6.40. The molecule has 0 atom stereocenters. The minimum absolute atomic E-state index is 0.334. The van der Waals surface area contributed by atoms with E-state index in [0.29, 0.717) is 5.56 Å². The Morgan fingerprint density at radius 1 is 1.09 bits per heavy atom. The molecule has 0 radical (unpaired) electrons. The minimum atomic E-state index is -0.334. The third-order valence-electron chi connectivity index (χ3n) is 3.89. The maximum absolute atomic E-state index is 12.3. The van der Waals surface area contributed by atoms with Crippen LogP contribution in [-0.2, 0) is 4.74 Å². The van der Waals surface area contributed by atoms with E-state index in [1.807, 2.05) is 56.3 Å².